The van der Waals surface area contributed by atoms with Gasteiger partial charge in [-0.3, -0.25) is 0 Å². The quantitative estimate of drug-likeness (QED) is 0.820. The lowest BCUT2D eigenvalue weighted by molar-refractivity contribution is 0.268. The summed E-state index contributed by atoms with van der Waals surface area (Å²) in [6, 6.07) is 0. The summed E-state index contributed by atoms with van der Waals surface area (Å²) in [6.45, 7) is 10.0. The maximum atomic E-state index is 4.32. The molecule has 0 bridgehead atoms. The molecule has 1 aliphatic carbocycles. The summed E-state index contributed by atoms with van der Waals surface area (Å²) in [7, 11) is 0. The molecule has 0 aromatic carbocycles. The molecule has 114 valence electrons. The Bertz CT molecular complexity index is 375. The van der Waals surface area contributed by atoms with Crippen molar-refractivity contribution in [2.45, 2.75) is 66.0 Å². The highest BCUT2D eigenvalue weighted by atomic mass is 15.1. The van der Waals surface area contributed by atoms with E-state index in [1.54, 1.807) is 0 Å². The van der Waals surface area contributed by atoms with Crippen LogP contribution in [0.1, 0.15) is 58.6 Å². The van der Waals surface area contributed by atoms with E-state index < -0.39 is 0 Å². The van der Waals surface area contributed by atoms with Crippen molar-refractivity contribution >= 4 is 0 Å². The monoisotopic (exact) mass is 277 g/mol. The van der Waals surface area contributed by atoms with E-state index in [1.807, 2.05) is 12.5 Å². The standard InChI is InChI=1S/C17H31N3/c1-14(2)10-18-11-17-12-19-13-20(17)9-8-16-6-4-15(3)5-7-16/h12-16,18H,4-11H2,1-3H3. The second-order valence-corrected chi connectivity index (χ2v) is 7.02. The fraction of sp³-hybridized carbons (Fsp3) is 0.824. The molecule has 0 unspecified atom stereocenters. The minimum Gasteiger partial charge on any atom is -0.333 e. The van der Waals surface area contributed by atoms with E-state index in [9.17, 15) is 0 Å². The van der Waals surface area contributed by atoms with Crippen LogP contribution in [0.2, 0.25) is 0 Å². The summed E-state index contributed by atoms with van der Waals surface area (Å²) in [6.07, 6.45) is 11.0. The lowest BCUT2D eigenvalue weighted by Crippen LogP contribution is -2.21. The molecule has 3 nitrogen and oxygen atoms in total. The van der Waals surface area contributed by atoms with Gasteiger partial charge in [-0.1, -0.05) is 46.5 Å². The van der Waals surface area contributed by atoms with Gasteiger partial charge in [0, 0.05) is 19.3 Å². The minimum atomic E-state index is 0.704. The maximum Gasteiger partial charge on any atom is 0.0948 e. The fourth-order valence-corrected chi connectivity index (χ4v) is 3.13. The average Bonchev–Trinajstić information content (AvgIpc) is 2.85. The minimum absolute atomic E-state index is 0.704. The van der Waals surface area contributed by atoms with Crippen molar-refractivity contribution in [2.24, 2.45) is 17.8 Å². The summed E-state index contributed by atoms with van der Waals surface area (Å²) < 4.78 is 2.34. The number of aryl methyl sites for hydroxylation is 1. The summed E-state index contributed by atoms with van der Waals surface area (Å²) in [5.41, 5.74) is 1.33. The van der Waals surface area contributed by atoms with E-state index in [-0.39, 0.29) is 0 Å². The van der Waals surface area contributed by atoms with Gasteiger partial charge in [0.1, 0.15) is 0 Å². The molecule has 0 saturated heterocycles. The lowest BCUT2D eigenvalue weighted by Gasteiger charge is -2.26. The molecule has 1 aromatic rings. The molecule has 1 fully saturated rings. The summed E-state index contributed by atoms with van der Waals surface area (Å²) in [5.74, 6) is 2.59. The van der Waals surface area contributed by atoms with Crippen molar-refractivity contribution in [3.63, 3.8) is 0 Å². The zero-order valence-corrected chi connectivity index (χ0v) is 13.4. The van der Waals surface area contributed by atoms with Crippen LogP contribution in [0.5, 0.6) is 0 Å². The molecule has 0 radical (unpaired) electrons. The molecule has 1 saturated carbocycles. The van der Waals surface area contributed by atoms with Crippen LogP contribution in [0.4, 0.5) is 0 Å². The Morgan fingerprint density at radius 2 is 2.05 bits per heavy atom. The van der Waals surface area contributed by atoms with Crippen LogP contribution in [0.3, 0.4) is 0 Å². The van der Waals surface area contributed by atoms with Gasteiger partial charge < -0.3 is 9.88 Å². The van der Waals surface area contributed by atoms with E-state index >= 15 is 0 Å². The highest BCUT2D eigenvalue weighted by Crippen LogP contribution is 2.30. The Hall–Kier alpha value is -0.830. The van der Waals surface area contributed by atoms with Gasteiger partial charge in [-0.15, -0.1) is 0 Å². The van der Waals surface area contributed by atoms with Gasteiger partial charge in [0.2, 0.25) is 0 Å². The van der Waals surface area contributed by atoms with Gasteiger partial charge in [-0.05, 0) is 30.7 Å². The molecule has 0 aliphatic heterocycles. The molecule has 1 heterocycles. The van der Waals surface area contributed by atoms with E-state index in [4.69, 9.17) is 0 Å². The van der Waals surface area contributed by atoms with Crippen molar-refractivity contribution in [1.29, 1.82) is 0 Å². The normalized spacial score (nSPS) is 23.4. The second-order valence-electron chi connectivity index (χ2n) is 7.02. The molecule has 20 heavy (non-hydrogen) atoms. The Morgan fingerprint density at radius 3 is 2.75 bits per heavy atom. The highest BCUT2D eigenvalue weighted by Gasteiger charge is 2.18. The number of nitrogens with zero attached hydrogens (tertiary/aromatic N) is 2. The van der Waals surface area contributed by atoms with E-state index in [0.29, 0.717) is 5.92 Å². The van der Waals surface area contributed by atoms with Crippen molar-refractivity contribution in [3.8, 4) is 0 Å². The molecule has 0 amide bonds. The van der Waals surface area contributed by atoms with Crippen LogP contribution in [-0.2, 0) is 13.1 Å². The number of rotatable bonds is 7. The third-order valence-corrected chi connectivity index (χ3v) is 4.57. The first-order valence-corrected chi connectivity index (χ1v) is 8.35. The average molecular weight is 277 g/mol. The van der Waals surface area contributed by atoms with Crippen LogP contribution in [0.15, 0.2) is 12.5 Å². The van der Waals surface area contributed by atoms with E-state index in [2.05, 4.69) is 35.6 Å². The van der Waals surface area contributed by atoms with Crippen LogP contribution in [0, 0.1) is 17.8 Å². The Balaban J connectivity index is 1.74. The first-order chi connectivity index (χ1) is 9.65. The third kappa shape index (κ3) is 4.93. The van der Waals surface area contributed by atoms with Gasteiger partial charge in [0.25, 0.3) is 0 Å². The van der Waals surface area contributed by atoms with Crippen molar-refractivity contribution in [1.82, 2.24) is 14.9 Å². The molecule has 1 aromatic heterocycles. The van der Waals surface area contributed by atoms with Gasteiger partial charge in [0.15, 0.2) is 0 Å². The Kier molecular flexibility index (Phi) is 6.08. The van der Waals surface area contributed by atoms with E-state index in [0.717, 1.165) is 31.5 Å². The molecule has 1 N–H and O–H groups in total. The molecule has 1 aliphatic rings. The second kappa shape index (κ2) is 7.82. The predicted octanol–water partition coefficient (Wildman–Crippen LogP) is 3.85. The predicted molar refractivity (Wildman–Crippen MR) is 84.5 cm³/mol. The van der Waals surface area contributed by atoms with Gasteiger partial charge in [-0.2, -0.15) is 0 Å². The highest BCUT2D eigenvalue weighted by molar-refractivity contribution is 4.98. The van der Waals surface area contributed by atoms with Crippen LogP contribution < -0.4 is 5.32 Å². The smallest absolute Gasteiger partial charge is 0.0948 e. The molecule has 0 spiro atoms. The van der Waals surface area contributed by atoms with Crippen LogP contribution in [0.25, 0.3) is 0 Å². The van der Waals surface area contributed by atoms with E-state index in [1.165, 1.54) is 37.8 Å². The first-order valence-electron chi connectivity index (χ1n) is 8.35. The summed E-state index contributed by atoms with van der Waals surface area (Å²) >= 11 is 0. The molecule has 0 atom stereocenters. The van der Waals surface area contributed by atoms with Gasteiger partial charge in [0.05, 0.1) is 12.0 Å². The number of imidazole rings is 1. The van der Waals surface area contributed by atoms with Gasteiger partial charge in [-0.25, -0.2) is 4.98 Å². The summed E-state index contributed by atoms with van der Waals surface area (Å²) in [4.78, 5) is 4.32. The zero-order valence-electron chi connectivity index (χ0n) is 13.4. The molecular weight excluding hydrogens is 246 g/mol. The lowest BCUT2D eigenvalue weighted by atomic mass is 9.81. The first kappa shape index (κ1) is 15.6. The Morgan fingerprint density at radius 1 is 1.30 bits per heavy atom. The third-order valence-electron chi connectivity index (χ3n) is 4.57. The molecule has 2 rings (SSSR count). The molecule has 3 heteroatoms. The van der Waals surface area contributed by atoms with Crippen molar-refractivity contribution in [3.05, 3.63) is 18.2 Å². The number of aromatic nitrogens is 2. The zero-order chi connectivity index (χ0) is 14.4. The molecular formula is C17H31N3. The van der Waals surface area contributed by atoms with Crippen LogP contribution >= 0.6 is 0 Å². The fourth-order valence-electron chi connectivity index (χ4n) is 3.13. The topological polar surface area (TPSA) is 29.9 Å². The number of hydrogen-bond donors (Lipinski definition) is 1. The SMILES string of the molecule is CC(C)CNCc1cncn1CCC1CCC(C)CC1. The van der Waals surface area contributed by atoms with Crippen molar-refractivity contribution in [2.75, 3.05) is 6.54 Å². The maximum absolute atomic E-state index is 4.32. The summed E-state index contributed by atoms with van der Waals surface area (Å²) in [5, 5.41) is 3.51. The Labute approximate surface area is 124 Å². The number of hydrogen-bond acceptors (Lipinski definition) is 2. The number of nitrogens with one attached hydrogen (secondary N) is 1. The largest absolute Gasteiger partial charge is 0.333 e. The van der Waals surface area contributed by atoms with Crippen molar-refractivity contribution < 1.29 is 0 Å². The van der Waals surface area contributed by atoms with Gasteiger partial charge >= 0.3 is 0 Å². The van der Waals surface area contributed by atoms with Crippen LogP contribution in [-0.4, -0.2) is 16.1 Å².